The smallest absolute Gasteiger partial charge is 0.326 e. The van der Waals surface area contributed by atoms with Gasteiger partial charge in [-0.2, -0.15) is 0 Å². The number of nitrogens with zero attached hydrogens (tertiary/aromatic N) is 1. The standard InChI is InChI=1S/C12H21NO3/c1-3-8-13(9(2)14)11(12(15)16)10-6-4-5-7-10/h10-11H,3-8H2,1-2H3,(H,15,16). The van der Waals surface area contributed by atoms with Crippen molar-refractivity contribution in [2.45, 2.75) is 52.0 Å². The van der Waals surface area contributed by atoms with Gasteiger partial charge in [0.15, 0.2) is 0 Å². The predicted octanol–water partition coefficient (Wildman–Crippen LogP) is 1.89. The summed E-state index contributed by atoms with van der Waals surface area (Å²) in [4.78, 5) is 24.3. The summed E-state index contributed by atoms with van der Waals surface area (Å²) >= 11 is 0. The summed E-state index contributed by atoms with van der Waals surface area (Å²) in [6, 6.07) is -0.611. The third-order valence-electron chi connectivity index (χ3n) is 3.30. The third-order valence-corrected chi connectivity index (χ3v) is 3.30. The molecule has 0 aromatic rings. The average molecular weight is 227 g/mol. The number of rotatable bonds is 5. The maximum atomic E-state index is 11.5. The molecule has 16 heavy (non-hydrogen) atoms. The molecule has 1 aliphatic rings. The van der Waals surface area contributed by atoms with E-state index in [0.717, 1.165) is 32.1 Å². The molecule has 0 heterocycles. The molecule has 0 aliphatic heterocycles. The first-order valence-electron chi connectivity index (χ1n) is 6.08. The van der Waals surface area contributed by atoms with E-state index in [1.165, 1.54) is 11.8 Å². The Morgan fingerprint density at radius 1 is 1.38 bits per heavy atom. The van der Waals surface area contributed by atoms with Crippen molar-refractivity contribution in [3.63, 3.8) is 0 Å². The third kappa shape index (κ3) is 2.97. The van der Waals surface area contributed by atoms with Crippen LogP contribution in [0.2, 0.25) is 0 Å². The molecular weight excluding hydrogens is 206 g/mol. The van der Waals surface area contributed by atoms with Gasteiger partial charge in [0.2, 0.25) is 5.91 Å². The molecule has 0 aromatic heterocycles. The molecule has 0 radical (unpaired) electrons. The Morgan fingerprint density at radius 2 is 1.94 bits per heavy atom. The highest BCUT2D eigenvalue weighted by Crippen LogP contribution is 2.30. The highest BCUT2D eigenvalue weighted by Gasteiger charge is 2.36. The van der Waals surface area contributed by atoms with Gasteiger partial charge in [0.05, 0.1) is 0 Å². The van der Waals surface area contributed by atoms with E-state index in [1.54, 1.807) is 0 Å². The molecule has 1 aliphatic carbocycles. The lowest BCUT2D eigenvalue weighted by atomic mass is 9.96. The highest BCUT2D eigenvalue weighted by molar-refractivity contribution is 5.82. The normalized spacial score (nSPS) is 18.4. The van der Waals surface area contributed by atoms with E-state index in [9.17, 15) is 14.7 Å². The average Bonchev–Trinajstić information content (AvgIpc) is 2.69. The molecule has 1 N–H and O–H groups in total. The Bertz CT molecular complexity index is 259. The minimum absolute atomic E-state index is 0.124. The van der Waals surface area contributed by atoms with Gasteiger partial charge in [0, 0.05) is 13.5 Å². The fourth-order valence-corrected chi connectivity index (χ4v) is 2.60. The Morgan fingerprint density at radius 3 is 2.31 bits per heavy atom. The minimum Gasteiger partial charge on any atom is -0.480 e. The number of carbonyl (C=O) groups excluding carboxylic acids is 1. The van der Waals surface area contributed by atoms with Crippen molar-refractivity contribution >= 4 is 11.9 Å². The first kappa shape index (κ1) is 13.0. The summed E-state index contributed by atoms with van der Waals surface area (Å²) in [5.41, 5.74) is 0. The second kappa shape index (κ2) is 5.87. The molecular formula is C12H21NO3. The van der Waals surface area contributed by atoms with Crippen LogP contribution in [0.15, 0.2) is 0 Å². The van der Waals surface area contributed by atoms with Gasteiger partial charge in [-0.25, -0.2) is 4.79 Å². The van der Waals surface area contributed by atoms with Crippen LogP contribution in [0.3, 0.4) is 0 Å². The van der Waals surface area contributed by atoms with E-state index < -0.39 is 12.0 Å². The Balaban J connectivity index is 2.80. The number of carboxylic acid groups (broad SMARTS) is 1. The Hall–Kier alpha value is -1.06. The summed E-state index contributed by atoms with van der Waals surface area (Å²) in [6.07, 6.45) is 4.85. The minimum atomic E-state index is -0.851. The van der Waals surface area contributed by atoms with Gasteiger partial charge >= 0.3 is 5.97 Å². The van der Waals surface area contributed by atoms with Crippen LogP contribution in [-0.4, -0.2) is 34.5 Å². The molecule has 92 valence electrons. The Kier molecular flexibility index (Phi) is 4.77. The van der Waals surface area contributed by atoms with Crippen LogP contribution in [0.25, 0.3) is 0 Å². The van der Waals surface area contributed by atoms with E-state index in [0.29, 0.717) is 6.54 Å². The fourth-order valence-electron chi connectivity index (χ4n) is 2.60. The lowest BCUT2D eigenvalue weighted by Gasteiger charge is -2.31. The number of aliphatic carboxylic acids is 1. The van der Waals surface area contributed by atoms with Crippen LogP contribution in [0, 0.1) is 5.92 Å². The van der Waals surface area contributed by atoms with Crippen LogP contribution in [0.4, 0.5) is 0 Å². The molecule has 1 atom stereocenters. The molecule has 0 spiro atoms. The van der Waals surface area contributed by atoms with Crippen LogP contribution < -0.4 is 0 Å². The number of carboxylic acids is 1. The largest absolute Gasteiger partial charge is 0.480 e. The zero-order valence-electron chi connectivity index (χ0n) is 10.1. The topological polar surface area (TPSA) is 57.6 Å². The maximum absolute atomic E-state index is 11.5. The first-order valence-corrected chi connectivity index (χ1v) is 6.08. The van der Waals surface area contributed by atoms with E-state index in [-0.39, 0.29) is 11.8 Å². The summed E-state index contributed by atoms with van der Waals surface area (Å²) in [6.45, 7) is 3.97. The van der Waals surface area contributed by atoms with E-state index in [1.807, 2.05) is 6.92 Å². The molecule has 0 bridgehead atoms. The predicted molar refractivity (Wildman–Crippen MR) is 61.1 cm³/mol. The molecule has 4 heteroatoms. The van der Waals surface area contributed by atoms with E-state index in [2.05, 4.69) is 0 Å². The molecule has 4 nitrogen and oxygen atoms in total. The van der Waals surface area contributed by atoms with Gasteiger partial charge < -0.3 is 10.0 Å². The maximum Gasteiger partial charge on any atom is 0.326 e. The van der Waals surface area contributed by atoms with Gasteiger partial charge in [0.1, 0.15) is 6.04 Å². The van der Waals surface area contributed by atoms with Crippen LogP contribution in [-0.2, 0) is 9.59 Å². The number of hydrogen-bond acceptors (Lipinski definition) is 2. The van der Waals surface area contributed by atoms with E-state index >= 15 is 0 Å². The van der Waals surface area contributed by atoms with Gasteiger partial charge in [0.25, 0.3) is 0 Å². The highest BCUT2D eigenvalue weighted by atomic mass is 16.4. The van der Waals surface area contributed by atoms with Crippen LogP contribution >= 0.6 is 0 Å². The van der Waals surface area contributed by atoms with Crippen molar-refractivity contribution in [2.24, 2.45) is 5.92 Å². The molecule has 1 unspecified atom stereocenters. The van der Waals surface area contributed by atoms with Gasteiger partial charge in [-0.15, -0.1) is 0 Å². The van der Waals surface area contributed by atoms with Crippen molar-refractivity contribution in [1.82, 2.24) is 4.90 Å². The zero-order valence-corrected chi connectivity index (χ0v) is 10.1. The van der Waals surface area contributed by atoms with Crippen molar-refractivity contribution in [2.75, 3.05) is 6.54 Å². The lowest BCUT2D eigenvalue weighted by molar-refractivity contribution is -0.152. The monoisotopic (exact) mass is 227 g/mol. The summed E-state index contributed by atoms with van der Waals surface area (Å²) < 4.78 is 0. The quantitative estimate of drug-likeness (QED) is 0.780. The first-order chi connectivity index (χ1) is 7.57. The molecule has 1 rings (SSSR count). The summed E-state index contributed by atoms with van der Waals surface area (Å²) in [5.74, 6) is -0.829. The lowest BCUT2D eigenvalue weighted by Crippen LogP contribution is -2.48. The van der Waals surface area contributed by atoms with Gasteiger partial charge in [-0.05, 0) is 25.2 Å². The molecule has 0 aromatic carbocycles. The molecule has 1 amide bonds. The van der Waals surface area contributed by atoms with Crippen molar-refractivity contribution in [3.05, 3.63) is 0 Å². The van der Waals surface area contributed by atoms with Gasteiger partial charge in [-0.1, -0.05) is 19.8 Å². The van der Waals surface area contributed by atoms with Crippen molar-refractivity contribution in [3.8, 4) is 0 Å². The summed E-state index contributed by atoms with van der Waals surface area (Å²) in [5, 5.41) is 9.29. The number of hydrogen-bond donors (Lipinski definition) is 1. The van der Waals surface area contributed by atoms with E-state index in [4.69, 9.17) is 0 Å². The Labute approximate surface area is 96.6 Å². The summed E-state index contributed by atoms with van der Waals surface area (Å²) in [7, 11) is 0. The number of amides is 1. The zero-order chi connectivity index (χ0) is 12.1. The van der Waals surface area contributed by atoms with Crippen LogP contribution in [0.1, 0.15) is 46.0 Å². The van der Waals surface area contributed by atoms with Gasteiger partial charge in [-0.3, -0.25) is 4.79 Å². The molecule has 1 saturated carbocycles. The second-order valence-corrected chi connectivity index (χ2v) is 4.54. The molecule has 0 saturated heterocycles. The van der Waals surface area contributed by atoms with Crippen molar-refractivity contribution < 1.29 is 14.7 Å². The van der Waals surface area contributed by atoms with Crippen LogP contribution in [0.5, 0.6) is 0 Å². The number of carbonyl (C=O) groups is 2. The fraction of sp³-hybridized carbons (Fsp3) is 0.833. The second-order valence-electron chi connectivity index (χ2n) is 4.54. The molecule has 1 fully saturated rings. The SMILES string of the molecule is CCCN(C(C)=O)C(C(=O)O)C1CCCC1. The van der Waals surface area contributed by atoms with Crippen molar-refractivity contribution in [1.29, 1.82) is 0 Å².